The summed E-state index contributed by atoms with van der Waals surface area (Å²) in [4.78, 5) is 25.9. The molecular formula is C12H12N4O4. The Morgan fingerprint density at radius 3 is 2.75 bits per heavy atom. The molecule has 1 aromatic heterocycles. The third kappa shape index (κ3) is 3.80. The van der Waals surface area contributed by atoms with Crippen LogP contribution in [0.25, 0.3) is 0 Å². The monoisotopic (exact) mass is 276 g/mol. The van der Waals surface area contributed by atoms with Crippen molar-refractivity contribution in [3.8, 4) is 0 Å². The van der Waals surface area contributed by atoms with Crippen LogP contribution in [0, 0.1) is 0 Å². The normalized spacial score (nSPS) is 10.0. The molecule has 0 atom stereocenters. The Morgan fingerprint density at radius 1 is 1.30 bits per heavy atom. The molecule has 8 nitrogen and oxygen atoms in total. The summed E-state index contributed by atoms with van der Waals surface area (Å²) in [6.07, 6.45) is 0.420. The second kappa shape index (κ2) is 6.32. The summed E-state index contributed by atoms with van der Waals surface area (Å²) in [6.45, 7) is -0.284. The van der Waals surface area contributed by atoms with E-state index in [1.807, 2.05) is 30.3 Å². The van der Waals surface area contributed by atoms with E-state index >= 15 is 0 Å². The number of aliphatic carboxylic acids is 1. The van der Waals surface area contributed by atoms with Crippen LogP contribution >= 0.6 is 0 Å². The van der Waals surface area contributed by atoms with Crippen LogP contribution in [-0.2, 0) is 22.7 Å². The number of nitrogens with one attached hydrogen (secondary N) is 1. The Bertz CT molecular complexity index is 597. The van der Waals surface area contributed by atoms with Crippen molar-refractivity contribution in [2.45, 2.75) is 13.2 Å². The topological polar surface area (TPSA) is 106 Å². The molecule has 0 spiro atoms. The molecule has 0 radical (unpaired) electrons. The molecule has 0 aliphatic carbocycles. The van der Waals surface area contributed by atoms with E-state index in [9.17, 15) is 9.59 Å². The van der Waals surface area contributed by atoms with Crippen molar-refractivity contribution in [1.82, 2.24) is 14.8 Å². The summed E-state index contributed by atoms with van der Waals surface area (Å²) in [5, 5.41) is 14.7. The average Bonchev–Trinajstić information content (AvgIpc) is 2.84. The number of amides is 1. The number of carbonyl (C=O) groups excluding carboxylic acids is 1. The van der Waals surface area contributed by atoms with E-state index in [0.717, 1.165) is 16.6 Å². The van der Waals surface area contributed by atoms with E-state index in [-0.39, 0.29) is 12.6 Å². The second-order valence-corrected chi connectivity index (χ2v) is 3.82. The molecule has 1 aromatic carbocycles. The number of benzene rings is 1. The highest BCUT2D eigenvalue weighted by atomic mass is 16.5. The summed E-state index contributed by atoms with van der Waals surface area (Å²) in [5.41, 5.74) is 0.842. The lowest BCUT2D eigenvalue weighted by molar-refractivity contribution is -0.137. The predicted molar refractivity (Wildman–Crippen MR) is 67.9 cm³/mol. The van der Waals surface area contributed by atoms with E-state index in [1.54, 1.807) is 0 Å². The molecule has 2 aromatic rings. The fourth-order valence-electron chi connectivity index (χ4n) is 1.46. The fourth-order valence-corrected chi connectivity index (χ4v) is 1.46. The summed E-state index contributed by atoms with van der Waals surface area (Å²) in [6, 6.07) is 9.17. The second-order valence-electron chi connectivity index (χ2n) is 3.82. The van der Waals surface area contributed by atoms with Crippen LogP contribution < -0.4 is 5.32 Å². The minimum absolute atomic E-state index is 0.0189. The van der Waals surface area contributed by atoms with Gasteiger partial charge in [-0.05, 0) is 5.56 Å². The molecule has 0 saturated heterocycles. The third-order valence-electron chi connectivity index (χ3n) is 2.33. The lowest BCUT2D eigenvalue weighted by Crippen LogP contribution is -2.19. The van der Waals surface area contributed by atoms with Crippen molar-refractivity contribution in [1.29, 1.82) is 0 Å². The standard InChI is InChI=1S/C12H12N4O4/c17-10(18)6-16-11(13-8-14-16)15-12(19)20-7-9-4-2-1-3-5-9/h1-5,8H,6-7H2,(H,17,18)(H,13,14,15,19). The van der Waals surface area contributed by atoms with Crippen molar-refractivity contribution in [3.05, 3.63) is 42.2 Å². The lowest BCUT2D eigenvalue weighted by Gasteiger charge is -2.07. The Kier molecular flexibility index (Phi) is 4.28. The number of carboxylic acids is 1. The van der Waals surface area contributed by atoms with E-state index < -0.39 is 18.6 Å². The summed E-state index contributed by atoms with van der Waals surface area (Å²) < 4.78 is 6.03. The Labute approximate surface area is 114 Å². The summed E-state index contributed by atoms with van der Waals surface area (Å²) >= 11 is 0. The van der Waals surface area contributed by atoms with Crippen LogP contribution in [0.4, 0.5) is 10.7 Å². The molecule has 20 heavy (non-hydrogen) atoms. The zero-order chi connectivity index (χ0) is 14.4. The molecule has 0 saturated carbocycles. The van der Waals surface area contributed by atoms with Gasteiger partial charge in [0.1, 0.15) is 19.5 Å². The van der Waals surface area contributed by atoms with Crippen molar-refractivity contribution in [2.24, 2.45) is 0 Å². The molecule has 0 aliphatic rings. The van der Waals surface area contributed by atoms with E-state index in [2.05, 4.69) is 15.4 Å². The number of anilines is 1. The smallest absolute Gasteiger partial charge is 0.414 e. The van der Waals surface area contributed by atoms with Crippen LogP contribution in [0.15, 0.2) is 36.7 Å². The quantitative estimate of drug-likeness (QED) is 0.847. The number of ether oxygens (including phenoxy) is 1. The molecule has 2 N–H and O–H groups in total. The molecule has 0 unspecified atom stereocenters. The molecule has 8 heteroatoms. The third-order valence-corrected chi connectivity index (χ3v) is 2.33. The van der Waals surface area contributed by atoms with Gasteiger partial charge < -0.3 is 9.84 Å². The van der Waals surface area contributed by atoms with Gasteiger partial charge in [0.05, 0.1) is 0 Å². The Morgan fingerprint density at radius 2 is 2.05 bits per heavy atom. The number of nitrogens with zero attached hydrogens (tertiary/aromatic N) is 3. The van der Waals surface area contributed by atoms with Crippen LogP contribution in [0.5, 0.6) is 0 Å². The number of hydrogen-bond acceptors (Lipinski definition) is 5. The largest absolute Gasteiger partial charge is 0.480 e. The van der Waals surface area contributed by atoms with Gasteiger partial charge in [-0.25, -0.2) is 9.48 Å². The van der Waals surface area contributed by atoms with Gasteiger partial charge in [0.15, 0.2) is 0 Å². The zero-order valence-corrected chi connectivity index (χ0v) is 10.4. The highest BCUT2D eigenvalue weighted by Crippen LogP contribution is 2.04. The number of carboxylic acid groups (broad SMARTS) is 1. The SMILES string of the molecule is O=C(O)Cn1ncnc1NC(=O)OCc1ccccc1. The van der Waals surface area contributed by atoms with Crippen LogP contribution in [0.2, 0.25) is 0 Å². The number of rotatable bonds is 5. The van der Waals surface area contributed by atoms with Gasteiger partial charge in [0, 0.05) is 0 Å². The van der Waals surface area contributed by atoms with E-state index in [0.29, 0.717) is 0 Å². The molecule has 0 bridgehead atoms. The van der Waals surface area contributed by atoms with Crippen LogP contribution in [-0.4, -0.2) is 31.9 Å². The first-order valence-corrected chi connectivity index (χ1v) is 5.72. The van der Waals surface area contributed by atoms with E-state index in [4.69, 9.17) is 9.84 Å². The first-order valence-electron chi connectivity index (χ1n) is 5.72. The predicted octanol–water partition coefficient (Wildman–Crippen LogP) is 1.11. The van der Waals surface area contributed by atoms with Gasteiger partial charge in [0.2, 0.25) is 5.95 Å². The maximum absolute atomic E-state index is 11.6. The van der Waals surface area contributed by atoms with Gasteiger partial charge in [-0.2, -0.15) is 10.1 Å². The summed E-state index contributed by atoms with van der Waals surface area (Å²) in [5.74, 6) is -1.07. The molecule has 2 rings (SSSR count). The lowest BCUT2D eigenvalue weighted by atomic mass is 10.2. The Hall–Kier alpha value is -2.90. The molecule has 104 valence electrons. The first-order chi connectivity index (χ1) is 9.65. The van der Waals surface area contributed by atoms with Crippen molar-refractivity contribution >= 4 is 18.0 Å². The van der Waals surface area contributed by atoms with Crippen molar-refractivity contribution in [2.75, 3.05) is 5.32 Å². The van der Waals surface area contributed by atoms with Crippen LogP contribution in [0.3, 0.4) is 0 Å². The average molecular weight is 276 g/mol. The van der Waals surface area contributed by atoms with Crippen molar-refractivity contribution < 1.29 is 19.4 Å². The molecule has 1 amide bonds. The van der Waals surface area contributed by atoms with Crippen molar-refractivity contribution in [3.63, 3.8) is 0 Å². The highest BCUT2D eigenvalue weighted by molar-refractivity contribution is 5.82. The van der Waals surface area contributed by atoms with Gasteiger partial charge in [-0.1, -0.05) is 30.3 Å². The zero-order valence-electron chi connectivity index (χ0n) is 10.4. The van der Waals surface area contributed by atoms with Gasteiger partial charge in [-0.3, -0.25) is 10.1 Å². The number of carbonyl (C=O) groups is 2. The maximum atomic E-state index is 11.6. The van der Waals surface area contributed by atoms with Crippen LogP contribution in [0.1, 0.15) is 5.56 Å². The molecule has 0 aliphatic heterocycles. The molecule has 1 heterocycles. The maximum Gasteiger partial charge on any atom is 0.414 e. The number of hydrogen-bond donors (Lipinski definition) is 2. The summed E-state index contributed by atoms with van der Waals surface area (Å²) in [7, 11) is 0. The number of aromatic nitrogens is 3. The van der Waals surface area contributed by atoms with E-state index in [1.165, 1.54) is 0 Å². The minimum atomic E-state index is -1.09. The van der Waals surface area contributed by atoms with Gasteiger partial charge in [-0.15, -0.1) is 0 Å². The first kappa shape index (κ1) is 13.5. The van der Waals surface area contributed by atoms with Gasteiger partial charge in [0.25, 0.3) is 0 Å². The Balaban J connectivity index is 1.88. The highest BCUT2D eigenvalue weighted by Gasteiger charge is 2.11. The minimum Gasteiger partial charge on any atom is -0.480 e. The molecule has 0 fully saturated rings. The fraction of sp³-hybridized carbons (Fsp3) is 0.167. The van der Waals surface area contributed by atoms with Gasteiger partial charge >= 0.3 is 12.1 Å². The molecular weight excluding hydrogens is 264 g/mol.